The zero-order valence-electron chi connectivity index (χ0n) is 12.3. The van der Waals surface area contributed by atoms with Gasteiger partial charge < -0.3 is 5.32 Å². The molecule has 0 radical (unpaired) electrons. The highest BCUT2D eigenvalue weighted by Crippen LogP contribution is 2.23. The van der Waals surface area contributed by atoms with Crippen molar-refractivity contribution < 1.29 is 9.59 Å². The van der Waals surface area contributed by atoms with E-state index in [4.69, 9.17) is 0 Å². The van der Waals surface area contributed by atoms with Gasteiger partial charge in [-0.15, -0.1) is 0 Å². The van der Waals surface area contributed by atoms with Gasteiger partial charge in [0.05, 0.1) is 18.2 Å². The van der Waals surface area contributed by atoms with E-state index in [9.17, 15) is 9.59 Å². The molecule has 0 unspecified atom stereocenters. The van der Waals surface area contributed by atoms with E-state index in [1.165, 1.54) is 4.90 Å². The predicted octanol–water partition coefficient (Wildman–Crippen LogP) is 1.81. The number of carbonyl (C=O) groups is 2. The molecule has 2 heterocycles. The molecule has 22 heavy (non-hydrogen) atoms. The number of imide groups is 1. The van der Waals surface area contributed by atoms with E-state index in [0.717, 1.165) is 11.1 Å². The van der Waals surface area contributed by atoms with Gasteiger partial charge in [-0.3, -0.25) is 14.6 Å². The molecule has 5 nitrogen and oxygen atoms in total. The summed E-state index contributed by atoms with van der Waals surface area (Å²) in [6.07, 6.45) is 3.60. The molecule has 0 spiro atoms. The molecular weight excluding hydrogens is 278 g/mol. The average Bonchev–Trinajstić information content (AvgIpc) is 2.82. The molecule has 2 aromatic rings. The summed E-state index contributed by atoms with van der Waals surface area (Å²) in [5.41, 5.74) is 2.76. The van der Waals surface area contributed by atoms with Crippen LogP contribution in [0.15, 0.2) is 48.8 Å². The molecule has 1 saturated heterocycles. The third kappa shape index (κ3) is 2.89. The molecule has 2 amide bonds. The Balaban J connectivity index is 1.70. The van der Waals surface area contributed by atoms with E-state index >= 15 is 0 Å². The van der Waals surface area contributed by atoms with Gasteiger partial charge in [-0.2, -0.15) is 0 Å². The fourth-order valence-corrected chi connectivity index (χ4v) is 2.50. The highest BCUT2D eigenvalue weighted by Gasteiger charge is 2.39. The molecule has 1 aromatic heterocycles. The molecule has 3 rings (SSSR count). The Morgan fingerprint density at radius 2 is 1.82 bits per heavy atom. The molecule has 1 N–H and O–H groups in total. The predicted molar refractivity (Wildman–Crippen MR) is 83.2 cm³/mol. The fraction of sp³-hybridized carbons (Fsp3) is 0.235. The number of nitrogens with zero attached hydrogens (tertiary/aromatic N) is 2. The summed E-state index contributed by atoms with van der Waals surface area (Å²) in [6, 6.07) is 10.7. The van der Waals surface area contributed by atoms with Gasteiger partial charge in [0.1, 0.15) is 0 Å². The molecule has 0 aliphatic carbocycles. The molecule has 1 aromatic carbocycles. The van der Waals surface area contributed by atoms with Crippen LogP contribution in [-0.2, 0) is 16.1 Å². The molecule has 1 fully saturated rings. The van der Waals surface area contributed by atoms with Gasteiger partial charge in [0.15, 0.2) is 0 Å². The van der Waals surface area contributed by atoms with Crippen LogP contribution < -0.4 is 10.2 Å². The summed E-state index contributed by atoms with van der Waals surface area (Å²) >= 11 is 0. The topological polar surface area (TPSA) is 62.3 Å². The summed E-state index contributed by atoms with van der Waals surface area (Å²) in [7, 11) is 0. The molecule has 112 valence electrons. The first-order valence-corrected chi connectivity index (χ1v) is 7.21. The van der Waals surface area contributed by atoms with Crippen molar-refractivity contribution >= 4 is 17.5 Å². The summed E-state index contributed by atoms with van der Waals surface area (Å²) in [4.78, 5) is 29.8. The van der Waals surface area contributed by atoms with Crippen LogP contribution in [0.1, 0.15) is 17.5 Å². The van der Waals surface area contributed by atoms with E-state index in [1.54, 1.807) is 24.5 Å². The highest BCUT2D eigenvalue weighted by atomic mass is 16.2. The molecule has 5 heteroatoms. The number of amides is 2. The second-order valence-corrected chi connectivity index (χ2v) is 5.40. The van der Waals surface area contributed by atoms with E-state index in [-0.39, 0.29) is 18.2 Å². The Hall–Kier alpha value is -2.53. The molecule has 0 bridgehead atoms. The van der Waals surface area contributed by atoms with Crippen LogP contribution >= 0.6 is 0 Å². The molecule has 1 atom stereocenters. The number of hydrogen-bond acceptors (Lipinski definition) is 4. The maximum atomic E-state index is 12.5. The minimum atomic E-state index is -0.470. The molecular formula is C17H17N3O2. The monoisotopic (exact) mass is 295 g/mol. The number of benzene rings is 1. The highest BCUT2D eigenvalue weighted by molar-refractivity contribution is 6.22. The third-order valence-corrected chi connectivity index (χ3v) is 3.74. The number of anilines is 1. The first-order chi connectivity index (χ1) is 10.6. The summed E-state index contributed by atoms with van der Waals surface area (Å²) in [6.45, 7) is 2.50. The smallest absolute Gasteiger partial charge is 0.251 e. The number of rotatable bonds is 4. The van der Waals surface area contributed by atoms with E-state index in [0.29, 0.717) is 12.2 Å². The number of pyridine rings is 1. The fourth-order valence-electron chi connectivity index (χ4n) is 2.50. The SMILES string of the molecule is Cc1ccc(N2C(=O)C[C@H](NCc3ccncc3)C2=O)cc1. The lowest BCUT2D eigenvalue weighted by atomic mass is 10.2. The zero-order chi connectivity index (χ0) is 15.5. The molecule has 1 aliphatic rings. The maximum absolute atomic E-state index is 12.5. The number of aromatic nitrogens is 1. The van der Waals surface area contributed by atoms with Crippen LogP contribution in [0.5, 0.6) is 0 Å². The van der Waals surface area contributed by atoms with Crippen LogP contribution in [0.2, 0.25) is 0 Å². The van der Waals surface area contributed by atoms with E-state index < -0.39 is 6.04 Å². The van der Waals surface area contributed by atoms with Gasteiger partial charge >= 0.3 is 0 Å². The van der Waals surface area contributed by atoms with Crippen LogP contribution in [0.3, 0.4) is 0 Å². The number of nitrogens with one attached hydrogen (secondary N) is 1. The van der Waals surface area contributed by atoms with Crippen LogP contribution in [0, 0.1) is 6.92 Å². The zero-order valence-corrected chi connectivity index (χ0v) is 12.3. The first kappa shape index (κ1) is 14.4. The number of carbonyl (C=O) groups excluding carboxylic acids is 2. The van der Waals surface area contributed by atoms with Gasteiger partial charge in [-0.05, 0) is 36.8 Å². The largest absolute Gasteiger partial charge is 0.301 e. The van der Waals surface area contributed by atoms with E-state index in [2.05, 4.69) is 10.3 Å². The Bertz CT molecular complexity index is 683. The van der Waals surface area contributed by atoms with Crippen LogP contribution in [0.4, 0.5) is 5.69 Å². The van der Waals surface area contributed by atoms with Gasteiger partial charge in [0, 0.05) is 18.9 Å². The van der Waals surface area contributed by atoms with Crippen molar-refractivity contribution in [2.24, 2.45) is 0 Å². The van der Waals surface area contributed by atoms with Crippen molar-refractivity contribution in [1.29, 1.82) is 0 Å². The lowest BCUT2D eigenvalue weighted by Crippen LogP contribution is -2.38. The second-order valence-electron chi connectivity index (χ2n) is 5.40. The first-order valence-electron chi connectivity index (χ1n) is 7.21. The Labute approximate surface area is 129 Å². The van der Waals surface area contributed by atoms with Crippen molar-refractivity contribution in [1.82, 2.24) is 10.3 Å². The summed E-state index contributed by atoms with van der Waals surface area (Å²) < 4.78 is 0. The second kappa shape index (κ2) is 6.07. The van der Waals surface area contributed by atoms with Gasteiger partial charge in [-0.1, -0.05) is 17.7 Å². The molecule has 1 aliphatic heterocycles. The van der Waals surface area contributed by atoms with Crippen molar-refractivity contribution in [2.75, 3.05) is 4.90 Å². The van der Waals surface area contributed by atoms with E-state index in [1.807, 2.05) is 31.2 Å². The Morgan fingerprint density at radius 1 is 1.14 bits per heavy atom. The van der Waals surface area contributed by atoms with Gasteiger partial charge in [0.25, 0.3) is 5.91 Å². The lowest BCUT2D eigenvalue weighted by molar-refractivity contribution is -0.121. The Kier molecular flexibility index (Phi) is 3.98. The Morgan fingerprint density at radius 3 is 2.50 bits per heavy atom. The third-order valence-electron chi connectivity index (χ3n) is 3.74. The average molecular weight is 295 g/mol. The summed E-state index contributed by atoms with van der Waals surface area (Å²) in [5, 5.41) is 3.15. The van der Waals surface area contributed by atoms with Crippen molar-refractivity contribution in [3.63, 3.8) is 0 Å². The van der Waals surface area contributed by atoms with Crippen LogP contribution in [0.25, 0.3) is 0 Å². The number of hydrogen-bond donors (Lipinski definition) is 1. The minimum absolute atomic E-state index is 0.166. The summed E-state index contributed by atoms with van der Waals surface area (Å²) in [5.74, 6) is -0.357. The van der Waals surface area contributed by atoms with Crippen molar-refractivity contribution in [3.8, 4) is 0 Å². The molecule has 0 saturated carbocycles. The van der Waals surface area contributed by atoms with Crippen molar-refractivity contribution in [3.05, 3.63) is 59.9 Å². The van der Waals surface area contributed by atoms with Gasteiger partial charge in [0.2, 0.25) is 5.91 Å². The maximum Gasteiger partial charge on any atom is 0.251 e. The number of aryl methyl sites for hydroxylation is 1. The van der Waals surface area contributed by atoms with Crippen LogP contribution in [-0.4, -0.2) is 22.8 Å². The quantitative estimate of drug-likeness (QED) is 0.874. The van der Waals surface area contributed by atoms with Crippen molar-refractivity contribution in [2.45, 2.75) is 25.9 Å². The normalized spacial score (nSPS) is 18.0. The lowest BCUT2D eigenvalue weighted by Gasteiger charge is -2.15. The van der Waals surface area contributed by atoms with Gasteiger partial charge in [-0.25, -0.2) is 4.90 Å². The minimum Gasteiger partial charge on any atom is -0.301 e. The standard InChI is InChI=1S/C17H17N3O2/c1-12-2-4-14(5-3-12)20-16(21)10-15(17(20)22)19-11-13-6-8-18-9-7-13/h2-9,15,19H,10-11H2,1H3/t15-/m0/s1.